The fourth-order valence-corrected chi connectivity index (χ4v) is 5.60. The van der Waals surface area contributed by atoms with Gasteiger partial charge in [0.15, 0.2) is 0 Å². The molecule has 1 saturated heterocycles. The monoisotopic (exact) mass is 519 g/mol. The van der Waals surface area contributed by atoms with E-state index in [0.717, 1.165) is 55.1 Å². The minimum Gasteiger partial charge on any atom is -0.352 e. The van der Waals surface area contributed by atoms with Crippen LogP contribution < -0.4 is 10.6 Å². The summed E-state index contributed by atoms with van der Waals surface area (Å²) in [5.41, 5.74) is 4.34. The zero-order valence-corrected chi connectivity index (χ0v) is 22.2. The molecular weight excluding hydrogens is 486 g/mol. The fraction of sp³-hybridized carbons (Fsp3) is 0.379. The number of halogens is 1. The van der Waals surface area contributed by atoms with Gasteiger partial charge in [-0.25, -0.2) is 0 Å². The number of carbonyl (C=O) groups excluding carboxylic acids is 2. The number of carbonyl (C=O) groups is 2. The third-order valence-electron chi connectivity index (χ3n) is 7.27. The predicted octanol–water partition coefficient (Wildman–Crippen LogP) is 3.90. The van der Waals surface area contributed by atoms with Crippen LogP contribution in [0.15, 0.2) is 60.7 Å². The van der Waals surface area contributed by atoms with Gasteiger partial charge in [-0.2, -0.15) is 0 Å². The van der Waals surface area contributed by atoms with Crippen molar-refractivity contribution in [1.29, 1.82) is 0 Å². The second-order valence-corrected chi connectivity index (χ2v) is 10.6. The number of piperazine rings is 1. The topological polar surface area (TPSA) is 69.6 Å². The van der Waals surface area contributed by atoms with Gasteiger partial charge >= 0.3 is 0 Å². The lowest BCUT2D eigenvalue weighted by molar-refractivity contribution is -0.122. The Bertz CT molecular complexity index is 1270. The molecule has 0 bridgehead atoms. The average Bonchev–Trinajstić information content (AvgIpc) is 3.29. The van der Waals surface area contributed by atoms with Crippen molar-refractivity contribution in [3.05, 3.63) is 71.4 Å². The Balaban J connectivity index is 1.42. The zero-order valence-electron chi connectivity index (χ0n) is 21.4. The van der Waals surface area contributed by atoms with Crippen LogP contribution in [0.5, 0.6) is 0 Å². The van der Waals surface area contributed by atoms with Gasteiger partial charge in [0.2, 0.25) is 5.91 Å². The zero-order chi connectivity index (χ0) is 25.9. The van der Waals surface area contributed by atoms with E-state index in [-0.39, 0.29) is 30.3 Å². The lowest BCUT2D eigenvalue weighted by atomic mass is 10.0. The van der Waals surface area contributed by atoms with Gasteiger partial charge < -0.3 is 20.1 Å². The summed E-state index contributed by atoms with van der Waals surface area (Å²) in [5, 5.41) is 6.82. The second kappa shape index (κ2) is 11.1. The second-order valence-electron chi connectivity index (χ2n) is 10.2. The fourth-order valence-electron chi connectivity index (χ4n) is 5.41. The van der Waals surface area contributed by atoms with Gasteiger partial charge in [-0.3, -0.25) is 14.5 Å². The summed E-state index contributed by atoms with van der Waals surface area (Å²) < 4.78 is 2.05. The van der Waals surface area contributed by atoms with Crippen molar-refractivity contribution in [2.24, 2.45) is 0 Å². The van der Waals surface area contributed by atoms with Gasteiger partial charge in [-0.15, -0.1) is 0 Å². The third-order valence-corrected chi connectivity index (χ3v) is 7.51. The summed E-state index contributed by atoms with van der Waals surface area (Å²) >= 11 is 6.33. The molecule has 2 atom stereocenters. The molecule has 2 aliphatic heterocycles. The SMILES string of the molecule is CC(CN1CCN(C)CC1)NC(=O)CC1CNC(=O)c2cc(-c3cccc(Cl)c3)c(-c3ccccc3)n21. The van der Waals surface area contributed by atoms with Crippen LogP contribution in [-0.2, 0) is 4.79 Å². The molecule has 3 heterocycles. The number of likely N-dealkylation sites (N-methyl/N-ethyl adjacent to an activating group) is 1. The first-order valence-electron chi connectivity index (χ1n) is 12.9. The highest BCUT2D eigenvalue weighted by atomic mass is 35.5. The van der Waals surface area contributed by atoms with Gasteiger partial charge in [0.25, 0.3) is 5.91 Å². The summed E-state index contributed by atoms with van der Waals surface area (Å²) in [6.07, 6.45) is 0.282. The van der Waals surface area contributed by atoms with Crippen molar-refractivity contribution in [2.75, 3.05) is 46.3 Å². The van der Waals surface area contributed by atoms with Crippen molar-refractivity contribution in [1.82, 2.24) is 25.0 Å². The molecule has 2 N–H and O–H groups in total. The lowest BCUT2D eigenvalue weighted by Crippen LogP contribution is -2.50. The van der Waals surface area contributed by atoms with Gasteiger partial charge in [0.1, 0.15) is 5.69 Å². The molecule has 37 heavy (non-hydrogen) atoms. The smallest absolute Gasteiger partial charge is 0.268 e. The van der Waals surface area contributed by atoms with Crippen molar-refractivity contribution >= 4 is 23.4 Å². The first-order chi connectivity index (χ1) is 17.9. The van der Waals surface area contributed by atoms with Crippen molar-refractivity contribution in [3.8, 4) is 22.4 Å². The minimum absolute atomic E-state index is 0.00857. The number of hydrogen-bond acceptors (Lipinski definition) is 4. The average molecular weight is 520 g/mol. The van der Waals surface area contributed by atoms with Crippen LogP contribution in [0.2, 0.25) is 5.02 Å². The van der Waals surface area contributed by atoms with E-state index in [4.69, 9.17) is 11.6 Å². The molecule has 194 valence electrons. The van der Waals surface area contributed by atoms with Crippen molar-refractivity contribution in [3.63, 3.8) is 0 Å². The highest BCUT2D eigenvalue weighted by Crippen LogP contribution is 2.39. The van der Waals surface area contributed by atoms with E-state index in [1.54, 1.807) is 0 Å². The summed E-state index contributed by atoms with van der Waals surface area (Å²) in [6, 6.07) is 19.5. The van der Waals surface area contributed by atoms with Crippen LogP contribution in [-0.4, -0.2) is 78.5 Å². The molecular formula is C29H34ClN5O2. The molecule has 0 spiro atoms. The van der Waals surface area contributed by atoms with Crippen LogP contribution in [0.4, 0.5) is 0 Å². The Labute approximate surface area is 223 Å². The summed E-state index contributed by atoms with van der Waals surface area (Å²) in [6.45, 7) is 7.44. The maximum absolute atomic E-state index is 13.2. The standard InChI is InChI=1S/C29H34ClN5O2/c1-20(19-34-13-11-33(2)12-14-34)32-27(36)16-24-18-31-29(37)26-17-25(22-9-6-10-23(30)15-22)28(35(24)26)21-7-4-3-5-8-21/h3-10,15,17,20,24H,11-14,16,18-19H2,1-2H3,(H,31,37)(H,32,36). The third kappa shape index (κ3) is 5.74. The van der Waals surface area contributed by atoms with Crippen LogP contribution in [0.1, 0.15) is 29.9 Å². The first-order valence-corrected chi connectivity index (χ1v) is 13.3. The number of benzene rings is 2. The Morgan fingerprint density at radius 2 is 1.78 bits per heavy atom. The highest BCUT2D eigenvalue weighted by molar-refractivity contribution is 6.30. The molecule has 0 saturated carbocycles. The predicted molar refractivity (Wildman–Crippen MR) is 148 cm³/mol. The van der Waals surface area contributed by atoms with E-state index in [1.807, 2.05) is 60.7 Å². The number of rotatable bonds is 7. The van der Waals surface area contributed by atoms with Crippen molar-refractivity contribution < 1.29 is 9.59 Å². The molecule has 3 aromatic rings. The van der Waals surface area contributed by atoms with E-state index < -0.39 is 0 Å². The van der Waals surface area contributed by atoms with E-state index in [1.165, 1.54) is 0 Å². The van der Waals surface area contributed by atoms with Gasteiger partial charge in [0.05, 0.1) is 11.7 Å². The maximum Gasteiger partial charge on any atom is 0.268 e. The van der Waals surface area contributed by atoms with Crippen LogP contribution in [0.3, 0.4) is 0 Å². The lowest BCUT2D eigenvalue weighted by Gasteiger charge is -2.34. The molecule has 2 unspecified atom stereocenters. The van der Waals surface area contributed by atoms with Gasteiger partial charge in [-0.05, 0) is 43.3 Å². The van der Waals surface area contributed by atoms with Crippen LogP contribution in [0.25, 0.3) is 22.4 Å². The minimum atomic E-state index is -0.202. The molecule has 8 heteroatoms. The number of aromatic nitrogens is 1. The van der Waals surface area contributed by atoms with Crippen LogP contribution in [0, 0.1) is 0 Å². The van der Waals surface area contributed by atoms with Crippen molar-refractivity contribution in [2.45, 2.75) is 25.4 Å². The van der Waals surface area contributed by atoms with E-state index >= 15 is 0 Å². The number of nitrogens with zero attached hydrogens (tertiary/aromatic N) is 3. The quantitative estimate of drug-likeness (QED) is 0.497. The Hall–Kier alpha value is -3.13. The molecule has 2 aliphatic rings. The summed E-state index contributed by atoms with van der Waals surface area (Å²) in [5.74, 6) is -0.142. The number of nitrogens with one attached hydrogen (secondary N) is 2. The molecule has 0 radical (unpaired) electrons. The Kier molecular flexibility index (Phi) is 7.65. The highest BCUT2D eigenvalue weighted by Gasteiger charge is 2.32. The molecule has 7 nitrogen and oxygen atoms in total. The Morgan fingerprint density at radius 1 is 1.05 bits per heavy atom. The number of amides is 2. The largest absolute Gasteiger partial charge is 0.352 e. The maximum atomic E-state index is 13.2. The molecule has 2 aromatic carbocycles. The number of fused-ring (bicyclic) bond motifs is 1. The van der Waals surface area contributed by atoms with Crippen LogP contribution >= 0.6 is 11.6 Å². The summed E-state index contributed by atoms with van der Waals surface area (Å²) in [4.78, 5) is 30.9. The molecule has 1 aromatic heterocycles. The van der Waals surface area contributed by atoms with E-state index in [9.17, 15) is 9.59 Å². The van der Waals surface area contributed by atoms with Gasteiger partial charge in [0, 0.05) is 62.3 Å². The Morgan fingerprint density at radius 3 is 2.51 bits per heavy atom. The van der Waals surface area contributed by atoms with Gasteiger partial charge in [-0.1, -0.05) is 54.1 Å². The van der Waals surface area contributed by atoms with E-state index in [0.29, 0.717) is 17.3 Å². The first kappa shape index (κ1) is 25.5. The molecule has 1 fully saturated rings. The number of hydrogen-bond donors (Lipinski definition) is 2. The molecule has 0 aliphatic carbocycles. The normalized spacial score (nSPS) is 19.2. The van der Waals surface area contributed by atoms with E-state index in [2.05, 4.69) is 39.0 Å². The molecule has 5 rings (SSSR count). The molecule has 2 amide bonds. The summed E-state index contributed by atoms with van der Waals surface area (Å²) in [7, 11) is 2.14.